The molecule has 3 heteroatoms. The molecule has 0 spiro atoms. The molecule has 0 bridgehead atoms. The summed E-state index contributed by atoms with van der Waals surface area (Å²) in [6, 6.07) is 16.9. The minimum absolute atomic E-state index is 0.837. The molecule has 1 aliphatic heterocycles. The third-order valence-electron chi connectivity index (χ3n) is 3.88. The molecule has 3 rings (SSSR count). The maximum absolute atomic E-state index is 5.86. The molecule has 0 saturated carbocycles. The first-order valence-corrected chi connectivity index (χ1v) is 7.14. The summed E-state index contributed by atoms with van der Waals surface area (Å²) in [6.45, 7) is 6.33. The van der Waals surface area contributed by atoms with Crippen LogP contribution < -0.4 is 15.5 Å². The molecule has 0 aliphatic carbocycles. The Labute approximate surface area is 120 Å². The van der Waals surface area contributed by atoms with Crippen molar-refractivity contribution in [2.24, 2.45) is 0 Å². The number of hydrogen-bond donors (Lipinski definition) is 1. The second-order valence-electron chi connectivity index (χ2n) is 5.41. The number of nitrogen functional groups attached to an aromatic ring is 1. The molecular formula is C17H21N3. The number of anilines is 3. The van der Waals surface area contributed by atoms with E-state index in [1.54, 1.807) is 0 Å². The number of nitrogens with zero attached hydrogens (tertiary/aromatic N) is 2. The summed E-state index contributed by atoms with van der Waals surface area (Å²) in [5, 5.41) is 0. The lowest BCUT2D eigenvalue weighted by Gasteiger charge is -2.37. The average Bonchev–Trinajstić information content (AvgIpc) is 2.47. The van der Waals surface area contributed by atoms with Gasteiger partial charge in [0.2, 0.25) is 0 Å². The van der Waals surface area contributed by atoms with E-state index in [2.05, 4.69) is 53.1 Å². The Morgan fingerprint density at radius 1 is 0.800 bits per heavy atom. The second-order valence-corrected chi connectivity index (χ2v) is 5.41. The van der Waals surface area contributed by atoms with E-state index >= 15 is 0 Å². The summed E-state index contributed by atoms with van der Waals surface area (Å²) in [6.07, 6.45) is 0. The van der Waals surface area contributed by atoms with Gasteiger partial charge >= 0.3 is 0 Å². The third kappa shape index (κ3) is 2.72. The molecular weight excluding hydrogens is 246 g/mol. The fraction of sp³-hybridized carbons (Fsp3) is 0.294. The van der Waals surface area contributed by atoms with Crippen LogP contribution in [0.5, 0.6) is 0 Å². The fourth-order valence-electron chi connectivity index (χ4n) is 2.77. The number of rotatable bonds is 2. The van der Waals surface area contributed by atoms with E-state index in [9.17, 15) is 0 Å². The quantitative estimate of drug-likeness (QED) is 0.849. The molecule has 0 radical (unpaired) electrons. The zero-order chi connectivity index (χ0) is 13.9. The van der Waals surface area contributed by atoms with Gasteiger partial charge in [-0.25, -0.2) is 0 Å². The zero-order valence-electron chi connectivity index (χ0n) is 11.9. The molecule has 3 nitrogen and oxygen atoms in total. The number of hydrogen-bond acceptors (Lipinski definition) is 3. The van der Waals surface area contributed by atoms with Crippen LogP contribution >= 0.6 is 0 Å². The van der Waals surface area contributed by atoms with E-state index in [1.807, 2.05) is 12.1 Å². The van der Waals surface area contributed by atoms with Crippen molar-refractivity contribution < 1.29 is 0 Å². The van der Waals surface area contributed by atoms with Crippen molar-refractivity contribution in [2.45, 2.75) is 6.92 Å². The highest BCUT2D eigenvalue weighted by Crippen LogP contribution is 2.22. The SMILES string of the molecule is Cc1cccc(N2CCN(c3cccc(N)c3)CC2)c1. The van der Waals surface area contributed by atoms with Gasteiger partial charge in [0.05, 0.1) is 0 Å². The lowest BCUT2D eigenvalue weighted by Crippen LogP contribution is -2.46. The fourth-order valence-corrected chi connectivity index (χ4v) is 2.77. The van der Waals surface area contributed by atoms with Crippen molar-refractivity contribution >= 4 is 17.1 Å². The smallest absolute Gasteiger partial charge is 0.0388 e. The van der Waals surface area contributed by atoms with Crippen LogP contribution in [0.25, 0.3) is 0 Å². The molecule has 1 heterocycles. The van der Waals surface area contributed by atoms with Crippen LogP contribution in [0.15, 0.2) is 48.5 Å². The minimum Gasteiger partial charge on any atom is -0.399 e. The molecule has 0 unspecified atom stereocenters. The second kappa shape index (κ2) is 5.45. The Balaban J connectivity index is 1.68. The van der Waals surface area contributed by atoms with Crippen molar-refractivity contribution in [2.75, 3.05) is 41.7 Å². The van der Waals surface area contributed by atoms with Gasteiger partial charge in [-0.3, -0.25) is 0 Å². The Morgan fingerprint density at radius 3 is 1.90 bits per heavy atom. The van der Waals surface area contributed by atoms with Crippen LogP contribution in [0, 0.1) is 6.92 Å². The summed E-state index contributed by atoms with van der Waals surface area (Å²) in [5.74, 6) is 0. The molecule has 1 aliphatic rings. The van der Waals surface area contributed by atoms with Crippen molar-refractivity contribution in [3.63, 3.8) is 0 Å². The summed E-state index contributed by atoms with van der Waals surface area (Å²) < 4.78 is 0. The Bertz CT molecular complexity index is 533. The van der Waals surface area contributed by atoms with E-state index < -0.39 is 0 Å². The lowest BCUT2D eigenvalue weighted by atomic mass is 10.2. The van der Waals surface area contributed by atoms with Crippen LogP contribution in [0.1, 0.15) is 5.56 Å². The van der Waals surface area contributed by atoms with Gasteiger partial charge in [0, 0.05) is 43.2 Å². The maximum atomic E-state index is 5.86. The summed E-state index contributed by atoms with van der Waals surface area (Å²) in [4.78, 5) is 4.86. The molecule has 0 atom stereocenters. The molecule has 1 fully saturated rings. The topological polar surface area (TPSA) is 32.5 Å². The van der Waals surface area contributed by atoms with Crippen LogP contribution in [-0.2, 0) is 0 Å². The molecule has 104 valence electrons. The predicted molar refractivity (Wildman–Crippen MR) is 86.5 cm³/mol. The molecule has 1 saturated heterocycles. The van der Waals surface area contributed by atoms with Crippen molar-refractivity contribution in [3.05, 3.63) is 54.1 Å². The zero-order valence-corrected chi connectivity index (χ0v) is 11.9. The number of benzene rings is 2. The van der Waals surface area contributed by atoms with Gasteiger partial charge in [0.25, 0.3) is 0 Å². The predicted octanol–water partition coefficient (Wildman–Crippen LogP) is 2.90. The molecule has 20 heavy (non-hydrogen) atoms. The minimum atomic E-state index is 0.837. The first kappa shape index (κ1) is 12.9. The lowest BCUT2D eigenvalue weighted by molar-refractivity contribution is 0.653. The summed E-state index contributed by atoms with van der Waals surface area (Å²) in [5.41, 5.74) is 10.6. The van der Waals surface area contributed by atoms with Crippen LogP contribution in [-0.4, -0.2) is 26.2 Å². The van der Waals surface area contributed by atoms with Gasteiger partial charge in [0.15, 0.2) is 0 Å². The van der Waals surface area contributed by atoms with Crippen LogP contribution in [0.3, 0.4) is 0 Å². The Kier molecular flexibility index (Phi) is 3.50. The van der Waals surface area contributed by atoms with E-state index in [0.29, 0.717) is 0 Å². The van der Waals surface area contributed by atoms with Gasteiger partial charge in [0.1, 0.15) is 0 Å². The van der Waals surface area contributed by atoms with Gasteiger partial charge in [-0.1, -0.05) is 18.2 Å². The largest absolute Gasteiger partial charge is 0.399 e. The van der Waals surface area contributed by atoms with E-state index in [4.69, 9.17) is 5.73 Å². The normalized spacial score (nSPS) is 15.4. The summed E-state index contributed by atoms with van der Waals surface area (Å²) >= 11 is 0. The van der Waals surface area contributed by atoms with Crippen molar-refractivity contribution in [1.82, 2.24) is 0 Å². The van der Waals surface area contributed by atoms with Gasteiger partial charge < -0.3 is 15.5 Å². The van der Waals surface area contributed by atoms with Crippen molar-refractivity contribution in [1.29, 1.82) is 0 Å². The average molecular weight is 267 g/mol. The molecule has 2 aromatic carbocycles. The van der Waals surface area contributed by atoms with Crippen LogP contribution in [0.4, 0.5) is 17.1 Å². The Morgan fingerprint density at radius 2 is 1.35 bits per heavy atom. The van der Waals surface area contributed by atoms with Gasteiger partial charge in [-0.15, -0.1) is 0 Å². The molecule has 2 N–H and O–H groups in total. The van der Waals surface area contributed by atoms with Crippen LogP contribution in [0.2, 0.25) is 0 Å². The van der Waals surface area contributed by atoms with Crippen molar-refractivity contribution in [3.8, 4) is 0 Å². The highest BCUT2D eigenvalue weighted by atomic mass is 15.3. The van der Waals surface area contributed by atoms with E-state index in [-0.39, 0.29) is 0 Å². The summed E-state index contributed by atoms with van der Waals surface area (Å²) in [7, 11) is 0. The molecule has 0 amide bonds. The first-order valence-electron chi connectivity index (χ1n) is 7.14. The first-order chi connectivity index (χ1) is 9.72. The number of nitrogens with two attached hydrogens (primary N) is 1. The number of aryl methyl sites for hydroxylation is 1. The monoisotopic (exact) mass is 267 g/mol. The highest BCUT2D eigenvalue weighted by molar-refractivity contribution is 5.57. The highest BCUT2D eigenvalue weighted by Gasteiger charge is 2.17. The standard InChI is InChI=1S/C17H21N3/c1-14-4-2-6-16(12-14)19-8-10-20(11-9-19)17-7-3-5-15(18)13-17/h2-7,12-13H,8-11,18H2,1H3. The number of piperazine rings is 1. The maximum Gasteiger partial charge on any atom is 0.0388 e. The third-order valence-corrected chi connectivity index (χ3v) is 3.88. The Hall–Kier alpha value is -2.16. The van der Waals surface area contributed by atoms with Gasteiger partial charge in [-0.2, -0.15) is 0 Å². The van der Waals surface area contributed by atoms with E-state index in [0.717, 1.165) is 31.9 Å². The molecule has 2 aromatic rings. The molecule has 0 aromatic heterocycles. The van der Waals surface area contributed by atoms with Gasteiger partial charge in [-0.05, 0) is 42.8 Å². The van der Waals surface area contributed by atoms with E-state index in [1.165, 1.54) is 16.9 Å².